The Bertz CT molecular complexity index is 697. The predicted molar refractivity (Wildman–Crippen MR) is 85.3 cm³/mol. The molecule has 0 atom stereocenters. The second kappa shape index (κ2) is 5.42. The van der Waals surface area contributed by atoms with Crippen LogP contribution in [0.4, 0.5) is 0 Å². The van der Waals surface area contributed by atoms with Crippen molar-refractivity contribution in [3.8, 4) is 0 Å². The molecule has 0 aliphatic rings. The van der Waals surface area contributed by atoms with E-state index in [1.807, 2.05) is 6.07 Å². The Morgan fingerprint density at radius 1 is 1.10 bits per heavy atom. The lowest BCUT2D eigenvalue weighted by Gasteiger charge is -2.39. The molecule has 0 spiro atoms. The molecule has 0 heterocycles. The molecule has 6 heteroatoms. The normalized spacial score (nSPS) is 14.1. The summed E-state index contributed by atoms with van der Waals surface area (Å²) in [5.74, 6) is 0.0000265. The topological polar surface area (TPSA) is 89.3 Å². The van der Waals surface area contributed by atoms with Crippen LogP contribution in [0.2, 0.25) is 5.02 Å². The van der Waals surface area contributed by atoms with Crippen LogP contribution in [0.3, 0.4) is 0 Å². The van der Waals surface area contributed by atoms with E-state index in [1.165, 1.54) is 0 Å². The minimum Gasteiger partial charge on any atom is -0.330 e. The molecule has 4 nitrogen and oxygen atoms in total. The number of rotatable bonds is 5. The highest BCUT2D eigenvalue weighted by molar-refractivity contribution is 8.13. The van der Waals surface area contributed by atoms with Crippen molar-refractivity contribution in [1.82, 2.24) is 0 Å². The smallest absolute Gasteiger partial charge is 0.0766 e. The fourth-order valence-corrected chi connectivity index (χ4v) is 4.50. The van der Waals surface area contributed by atoms with Gasteiger partial charge in [0, 0.05) is 15.8 Å². The average Bonchev–Trinajstić information content (AvgIpc) is 2.38. The number of benzene rings is 2. The Hall–Kier alpha value is -0.980. The van der Waals surface area contributed by atoms with Crippen LogP contribution in [0, 0.1) is 0 Å². The molecule has 0 aliphatic heterocycles. The summed E-state index contributed by atoms with van der Waals surface area (Å²) in [5, 5.41) is 7.74. The van der Waals surface area contributed by atoms with E-state index in [1.54, 1.807) is 30.3 Å². The van der Waals surface area contributed by atoms with E-state index in [2.05, 4.69) is 0 Å². The molecular weight excluding hydrogens is 296 g/mol. The van der Waals surface area contributed by atoms with Gasteiger partial charge in [-0.2, -0.15) is 4.21 Å². The largest absolute Gasteiger partial charge is 0.330 e. The molecule has 0 amide bonds. The molecule has 0 unspecified atom stereocenters. The highest BCUT2D eigenvalue weighted by Gasteiger charge is 2.26. The summed E-state index contributed by atoms with van der Waals surface area (Å²) < 4.78 is 23.4. The number of unbranched alkanes of at least 4 members (excludes halogenated alkanes) is 1. The molecule has 0 aliphatic carbocycles. The lowest BCUT2D eigenvalue weighted by atomic mass is 10.1. The first-order valence-electron chi connectivity index (χ1n) is 6.41. The van der Waals surface area contributed by atoms with Crippen molar-refractivity contribution in [2.24, 2.45) is 10.9 Å². The third-order valence-electron chi connectivity index (χ3n) is 3.29. The molecule has 5 N–H and O–H groups in total. The van der Waals surface area contributed by atoms with E-state index in [0.29, 0.717) is 29.8 Å². The third-order valence-corrected chi connectivity index (χ3v) is 6.00. The number of hydrogen-bond donors (Lipinski definition) is 3. The summed E-state index contributed by atoms with van der Waals surface area (Å²) in [7, 11) is -4.37. The van der Waals surface area contributed by atoms with E-state index in [4.69, 9.17) is 22.5 Å². The van der Waals surface area contributed by atoms with Crippen LogP contribution in [-0.2, 0) is 9.53 Å². The van der Waals surface area contributed by atoms with Gasteiger partial charge in [0.2, 0.25) is 0 Å². The molecule has 2 aromatic rings. The van der Waals surface area contributed by atoms with Gasteiger partial charge < -0.3 is 5.73 Å². The van der Waals surface area contributed by atoms with E-state index in [-0.39, 0.29) is 10.6 Å². The Morgan fingerprint density at radius 3 is 2.45 bits per heavy atom. The molecule has 2 aromatic carbocycles. The summed E-state index contributed by atoms with van der Waals surface area (Å²) in [6.45, 7) is 0.476. The number of hydrogen-bond acceptors (Lipinski definition) is 2. The lowest BCUT2D eigenvalue weighted by Crippen LogP contribution is -2.45. The minimum absolute atomic E-state index is 0.0000265. The van der Waals surface area contributed by atoms with Crippen LogP contribution in [0.25, 0.3) is 10.8 Å². The SMILES string of the molecule is NCCCCS(N)(=O)(O)c1cccc2c(Cl)cccc12. The van der Waals surface area contributed by atoms with Crippen molar-refractivity contribution in [3.05, 3.63) is 41.4 Å². The minimum atomic E-state index is -4.37. The molecule has 2 rings (SSSR count). The quantitative estimate of drug-likeness (QED) is 0.741. The van der Waals surface area contributed by atoms with Crippen LogP contribution >= 0.6 is 11.6 Å². The number of fused-ring (bicyclic) bond motifs is 1. The zero-order chi connectivity index (χ0) is 14.8. The predicted octanol–water partition coefficient (Wildman–Crippen LogP) is 2.76. The molecule has 20 heavy (non-hydrogen) atoms. The first-order valence-corrected chi connectivity index (χ1v) is 8.95. The van der Waals surface area contributed by atoms with Gasteiger partial charge in [0.25, 0.3) is 0 Å². The van der Waals surface area contributed by atoms with Gasteiger partial charge in [0.05, 0.1) is 10.6 Å². The highest BCUT2D eigenvalue weighted by atomic mass is 35.5. The molecule has 0 saturated heterocycles. The van der Waals surface area contributed by atoms with Gasteiger partial charge in [-0.3, -0.25) is 4.55 Å². The summed E-state index contributed by atoms with van der Waals surface area (Å²) in [6, 6.07) is 10.4. The number of nitrogens with two attached hydrogens (primary N) is 2. The molecule has 0 saturated carbocycles. The third kappa shape index (κ3) is 3.02. The first-order chi connectivity index (χ1) is 9.33. The maximum absolute atomic E-state index is 12.8. The maximum atomic E-state index is 12.8. The summed E-state index contributed by atoms with van der Waals surface area (Å²) >= 11 is 6.12. The maximum Gasteiger partial charge on any atom is 0.0766 e. The van der Waals surface area contributed by atoms with Gasteiger partial charge in [0.1, 0.15) is 0 Å². The van der Waals surface area contributed by atoms with Gasteiger partial charge in [-0.1, -0.05) is 35.9 Å². The van der Waals surface area contributed by atoms with Crippen molar-refractivity contribution in [3.63, 3.8) is 0 Å². The van der Waals surface area contributed by atoms with Crippen LogP contribution in [-0.4, -0.2) is 21.1 Å². The summed E-state index contributed by atoms with van der Waals surface area (Å²) in [5.41, 5.74) is 5.42. The Kier molecular flexibility index (Phi) is 4.18. The number of halogens is 1. The summed E-state index contributed by atoms with van der Waals surface area (Å²) in [6.07, 6.45) is 1.17. The second-order valence-corrected chi connectivity index (χ2v) is 8.43. The Balaban J connectivity index is 2.57. The second-order valence-electron chi connectivity index (χ2n) is 4.92. The molecule has 0 fully saturated rings. The first kappa shape index (κ1) is 15.4. The Morgan fingerprint density at radius 2 is 1.75 bits per heavy atom. The van der Waals surface area contributed by atoms with Gasteiger partial charge in [-0.25, -0.2) is 5.14 Å². The van der Waals surface area contributed by atoms with Crippen LogP contribution < -0.4 is 10.9 Å². The van der Waals surface area contributed by atoms with Gasteiger partial charge in [-0.05, 0) is 31.5 Å². The Labute approximate surface area is 123 Å². The molecular formula is C14H19ClN2O2S. The van der Waals surface area contributed by atoms with Crippen LogP contribution in [0.1, 0.15) is 12.8 Å². The van der Waals surface area contributed by atoms with Crippen molar-refractivity contribution < 1.29 is 8.76 Å². The van der Waals surface area contributed by atoms with E-state index >= 15 is 0 Å². The summed E-state index contributed by atoms with van der Waals surface area (Å²) in [4.78, 5) is 0.249. The van der Waals surface area contributed by atoms with E-state index < -0.39 is 9.53 Å². The lowest BCUT2D eigenvalue weighted by molar-refractivity contribution is 0.510. The molecule has 0 radical (unpaired) electrons. The fourth-order valence-electron chi connectivity index (χ4n) is 2.26. The zero-order valence-electron chi connectivity index (χ0n) is 11.1. The molecule has 0 aromatic heterocycles. The average molecular weight is 315 g/mol. The zero-order valence-corrected chi connectivity index (χ0v) is 12.7. The van der Waals surface area contributed by atoms with Gasteiger partial charge >= 0.3 is 0 Å². The van der Waals surface area contributed by atoms with Crippen molar-refractivity contribution in [2.75, 3.05) is 12.3 Å². The van der Waals surface area contributed by atoms with Crippen molar-refractivity contribution >= 4 is 31.9 Å². The fraction of sp³-hybridized carbons (Fsp3) is 0.286. The van der Waals surface area contributed by atoms with E-state index in [0.717, 1.165) is 5.39 Å². The highest BCUT2D eigenvalue weighted by Crippen LogP contribution is 2.35. The molecule has 110 valence electrons. The monoisotopic (exact) mass is 314 g/mol. The van der Waals surface area contributed by atoms with Gasteiger partial charge in [-0.15, -0.1) is 9.53 Å². The van der Waals surface area contributed by atoms with Crippen LogP contribution in [0.5, 0.6) is 0 Å². The molecule has 0 bridgehead atoms. The standard InChI is InChI=1S/C14H19ClN2O2S/c15-13-7-3-6-12-11(13)5-4-8-14(12)20(17,18,19)10-2-1-9-16/h3-8H,1-2,9-10,16H2,(H3,17,18,19). The van der Waals surface area contributed by atoms with Crippen molar-refractivity contribution in [1.29, 1.82) is 0 Å². The van der Waals surface area contributed by atoms with Gasteiger partial charge in [0.15, 0.2) is 0 Å². The van der Waals surface area contributed by atoms with E-state index in [9.17, 15) is 8.76 Å². The van der Waals surface area contributed by atoms with Crippen LogP contribution in [0.15, 0.2) is 41.3 Å². The van der Waals surface area contributed by atoms with Crippen molar-refractivity contribution in [2.45, 2.75) is 17.7 Å².